The van der Waals surface area contributed by atoms with Crippen LogP contribution >= 0.6 is 0 Å². The van der Waals surface area contributed by atoms with Gasteiger partial charge in [-0.1, -0.05) is 26.0 Å². The van der Waals surface area contributed by atoms with E-state index in [1.165, 1.54) is 0 Å². The molecule has 2 aromatic rings. The number of rotatable bonds is 6. The van der Waals surface area contributed by atoms with E-state index in [2.05, 4.69) is 0 Å². The van der Waals surface area contributed by atoms with Crippen molar-refractivity contribution in [3.8, 4) is 0 Å². The predicted octanol–water partition coefficient (Wildman–Crippen LogP) is 2.17. The molecule has 1 aromatic heterocycles. The molecule has 2 unspecified atom stereocenters. The highest BCUT2D eigenvalue weighted by molar-refractivity contribution is 5.78. The first-order valence-corrected chi connectivity index (χ1v) is 9.62. The van der Waals surface area contributed by atoms with E-state index in [-0.39, 0.29) is 29.9 Å². The molecule has 1 aliphatic heterocycles. The van der Waals surface area contributed by atoms with Crippen molar-refractivity contribution in [2.24, 2.45) is 11.8 Å². The predicted molar refractivity (Wildman–Crippen MR) is 103 cm³/mol. The van der Waals surface area contributed by atoms with Crippen LogP contribution in [0.5, 0.6) is 0 Å². The summed E-state index contributed by atoms with van der Waals surface area (Å²) in [4.78, 5) is 38.4. The first-order valence-electron chi connectivity index (χ1n) is 9.62. The van der Waals surface area contributed by atoms with Crippen LogP contribution in [0.1, 0.15) is 33.1 Å². The fourth-order valence-electron chi connectivity index (χ4n) is 4.03. The average molecular weight is 373 g/mol. The van der Waals surface area contributed by atoms with Gasteiger partial charge >= 0.3 is 11.7 Å². The number of fused-ring (bicyclic) bond motifs is 1. The van der Waals surface area contributed by atoms with Crippen LogP contribution in [-0.2, 0) is 22.7 Å². The van der Waals surface area contributed by atoms with E-state index in [1.807, 2.05) is 38.1 Å². The van der Waals surface area contributed by atoms with Gasteiger partial charge in [0.05, 0.1) is 17.0 Å². The standard InChI is InChI=1S/C20H27N3O4/c1-3-10-22-16-6-4-5-7-17(16)23(20(22)27)12-9-18(24)21-11-8-15(19(25)26)14(2)13-21/h4-7,14-15H,3,8-13H2,1-2H3,(H,25,26). The molecule has 1 fully saturated rings. The third-order valence-corrected chi connectivity index (χ3v) is 5.50. The molecular weight excluding hydrogens is 346 g/mol. The molecule has 2 atom stereocenters. The van der Waals surface area contributed by atoms with E-state index in [9.17, 15) is 19.5 Å². The van der Waals surface area contributed by atoms with Gasteiger partial charge in [-0.3, -0.25) is 18.7 Å². The number of hydrogen-bond donors (Lipinski definition) is 1. The second-order valence-corrected chi connectivity index (χ2v) is 7.38. The molecule has 0 bridgehead atoms. The Morgan fingerprint density at radius 1 is 1.15 bits per heavy atom. The number of benzene rings is 1. The molecule has 3 rings (SSSR count). The normalized spacial score (nSPS) is 20.1. The van der Waals surface area contributed by atoms with E-state index in [0.29, 0.717) is 32.6 Å². The van der Waals surface area contributed by atoms with Crippen molar-refractivity contribution in [3.63, 3.8) is 0 Å². The van der Waals surface area contributed by atoms with Gasteiger partial charge in [0.1, 0.15) is 0 Å². The summed E-state index contributed by atoms with van der Waals surface area (Å²) in [7, 11) is 0. The molecule has 1 N–H and O–H groups in total. The highest BCUT2D eigenvalue weighted by atomic mass is 16.4. The van der Waals surface area contributed by atoms with Crippen LogP contribution in [0.15, 0.2) is 29.1 Å². The van der Waals surface area contributed by atoms with Crippen molar-refractivity contribution in [1.29, 1.82) is 0 Å². The van der Waals surface area contributed by atoms with Gasteiger partial charge in [-0.05, 0) is 30.9 Å². The largest absolute Gasteiger partial charge is 0.481 e. The maximum atomic E-state index is 12.8. The SMILES string of the molecule is CCCn1c(=O)n(CCC(=O)N2CCC(C(=O)O)C(C)C2)c2ccccc21. The number of aliphatic carboxylic acids is 1. The van der Waals surface area contributed by atoms with Crippen molar-refractivity contribution >= 4 is 22.9 Å². The number of carboxylic acid groups (broad SMARTS) is 1. The zero-order chi connectivity index (χ0) is 19.6. The zero-order valence-corrected chi connectivity index (χ0v) is 15.9. The quantitative estimate of drug-likeness (QED) is 0.841. The molecule has 146 valence electrons. The smallest absolute Gasteiger partial charge is 0.329 e. The number of nitrogens with zero attached hydrogens (tertiary/aromatic N) is 3. The second kappa shape index (κ2) is 7.98. The molecule has 0 radical (unpaired) electrons. The summed E-state index contributed by atoms with van der Waals surface area (Å²) in [5.41, 5.74) is 1.67. The highest BCUT2D eigenvalue weighted by Crippen LogP contribution is 2.24. The molecule has 0 spiro atoms. The lowest BCUT2D eigenvalue weighted by atomic mass is 9.87. The van der Waals surface area contributed by atoms with Gasteiger partial charge in [0.25, 0.3) is 0 Å². The summed E-state index contributed by atoms with van der Waals surface area (Å²) in [6, 6.07) is 7.66. The lowest BCUT2D eigenvalue weighted by Crippen LogP contribution is -2.45. The molecule has 0 aliphatic carbocycles. The Hall–Kier alpha value is -2.57. The van der Waals surface area contributed by atoms with Crippen molar-refractivity contribution in [2.75, 3.05) is 13.1 Å². The summed E-state index contributed by atoms with van der Waals surface area (Å²) in [5, 5.41) is 9.22. The van der Waals surface area contributed by atoms with Crippen molar-refractivity contribution in [3.05, 3.63) is 34.7 Å². The number of imidazole rings is 1. The van der Waals surface area contributed by atoms with Gasteiger partial charge in [-0.2, -0.15) is 0 Å². The maximum absolute atomic E-state index is 12.8. The van der Waals surface area contributed by atoms with Gasteiger partial charge in [0.15, 0.2) is 0 Å². The molecule has 2 heterocycles. The van der Waals surface area contributed by atoms with Crippen LogP contribution in [0.3, 0.4) is 0 Å². The topological polar surface area (TPSA) is 84.5 Å². The summed E-state index contributed by atoms with van der Waals surface area (Å²) >= 11 is 0. The molecule has 7 nitrogen and oxygen atoms in total. The molecule has 27 heavy (non-hydrogen) atoms. The van der Waals surface area contributed by atoms with Crippen molar-refractivity contribution < 1.29 is 14.7 Å². The van der Waals surface area contributed by atoms with E-state index < -0.39 is 5.97 Å². The minimum Gasteiger partial charge on any atom is -0.481 e. The van der Waals surface area contributed by atoms with E-state index >= 15 is 0 Å². The Labute approximate surface area is 158 Å². The van der Waals surface area contributed by atoms with Crippen LogP contribution in [0.25, 0.3) is 11.0 Å². The minimum atomic E-state index is -0.787. The maximum Gasteiger partial charge on any atom is 0.329 e. The molecule has 1 amide bonds. The monoisotopic (exact) mass is 373 g/mol. The van der Waals surface area contributed by atoms with Gasteiger partial charge in [-0.25, -0.2) is 4.79 Å². The van der Waals surface area contributed by atoms with E-state index in [4.69, 9.17) is 0 Å². The molecule has 1 aliphatic rings. The third-order valence-electron chi connectivity index (χ3n) is 5.50. The second-order valence-electron chi connectivity index (χ2n) is 7.38. The molecule has 0 saturated carbocycles. The number of hydrogen-bond acceptors (Lipinski definition) is 3. The Bertz CT molecular complexity index is 898. The van der Waals surface area contributed by atoms with Crippen molar-refractivity contribution in [2.45, 2.75) is 46.2 Å². The number of carbonyl (C=O) groups excluding carboxylic acids is 1. The summed E-state index contributed by atoms with van der Waals surface area (Å²) < 4.78 is 3.44. The lowest BCUT2D eigenvalue weighted by molar-refractivity contribution is -0.148. The van der Waals surface area contributed by atoms with Crippen LogP contribution in [0, 0.1) is 11.8 Å². The van der Waals surface area contributed by atoms with Gasteiger partial charge < -0.3 is 10.0 Å². The number of likely N-dealkylation sites (tertiary alicyclic amines) is 1. The molecule has 1 aromatic carbocycles. The summed E-state index contributed by atoms with van der Waals surface area (Å²) in [6.45, 7) is 5.82. The molecule has 7 heteroatoms. The number of carboxylic acids is 1. The van der Waals surface area contributed by atoms with Gasteiger partial charge in [0, 0.05) is 32.6 Å². The fourth-order valence-corrected chi connectivity index (χ4v) is 4.03. The van der Waals surface area contributed by atoms with Crippen molar-refractivity contribution in [1.82, 2.24) is 14.0 Å². The molecular formula is C20H27N3O4. The van der Waals surface area contributed by atoms with Crippen LogP contribution in [0.2, 0.25) is 0 Å². The lowest BCUT2D eigenvalue weighted by Gasteiger charge is -2.35. The van der Waals surface area contributed by atoms with Crippen LogP contribution < -0.4 is 5.69 Å². The fraction of sp³-hybridized carbons (Fsp3) is 0.550. The number of amides is 1. The Morgan fingerprint density at radius 3 is 2.33 bits per heavy atom. The van der Waals surface area contributed by atoms with Gasteiger partial charge in [-0.15, -0.1) is 0 Å². The number of para-hydroxylation sites is 2. The summed E-state index contributed by atoms with van der Waals surface area (Å²) in [6.07, 6.45) is 1.59. The third kappa shape index (κ3) is 3.77. The zero-order valence-electron chi connectivity index (χ0n) is 15.9. The first-order chi connectivity index (χ1) is 12.9. The summed E-state index contributed by atoms with van der Waals surface area (Å²) in [5.74, 6) is -1.26. The average Bonchev–Trinajstić information content (AvgIpc) is 2.91. The Balaban J connectivity index is 1.72. The van der Waals surface area contributed by atoms with E-state index in [0.717, 1.165) is 17.5 Å². The Kier molecular flexibility index (Phi) is 5.68. The first kappa shape index (κ1) is 19.2. The minimum absolute atomic E-state index is 0.0232. The van der Waals surface area contributed by atoms with Gasteiger partial charge in [0.2, 0.25) is 5.91 Å². The number of aryl methyl sites for hydroxylation is 2. The van der Waals surface area contributed by atoms with Crippen LogP contribution in [-0.4, -0.2) is 44.1 Å². The van der Waals surface area contributed by atoms with Crippen LogP contribution in [0.4, 0.5) is 0 Å². The van der Waals surface area contributed by atoms with E-state index in [1.54, 1.807) is 14.0 Å². The Morgan fingerprint density at radius 2 is 1.78 bits per heavy atom. The number of carbonyl (C=O) groups is 2. The highest BCUT2D eigenvalue weighted by Gasteiger charge is 2.32. The number of aromatic nitrogens is 2. The molecule has 1 saturated heterocycles. The number of piperidine rings is 1.